The van der Waals surface area contributed by atoms with Crippen LogP contribution in [-0.2, 0) is 0 Å². The van der Waals surface area contributed by atoms with E-state index >= 15 is 0 Å². The molecule has 109 valence electrons. The molecule has 1 aliphatic rings. The van der Waals surface area contributed by atoms with Crippen LogP contribution >= 0.6 is 0 Å². The van der Waals surface area contributed by atoms with Crippen LogP contribution in [0.3, 0.4) is 0 Å². The first-order valence-corrected chi connectivity index (χ1v) is 8.22. The van der Waals surface area contributed by atoms with Gasteiger partial charge in [-0.3, -0.25) is 0 Å². The fourth-order valence-electron chi connectivity index (χ4n) is 2.25. The largest absolute Gasteiger partial charge is 0.0845 e. The molecule has 0 heteroatoms. The van der Waals surface area contributed by atoms with Crippen molar-refractivity contribution in [1.29, 1.82) is 0 Å². The zero-order chi connectivity index (χ0) is 14.1. The van der Waals surface area contributed by atoms with Crippen LogP contribution in [0.15, 0.2) is 54.7 Å². The van der Waals surface area contributed by atoms with Crippen molar-refractivity contribution in [3.63, 3.8) is 0 Å². The lowest BCUT2D eigenvalue weighted by atomic mass is 10.1. The topological polar surface area (TPSA) is 0 Å². The summed E-state index contributed by atoms with van der Waals surface area (Å²) >= 11 is 0. The summed E-state index contributed by atoms with van der Waals surface area (Å²) in [4.78, 5) is 0. The highest BCUT2D eigenvalue weighted by atomic mass is 14.0. The molecule has 0 fully saturated rings. The van der Waals surface area contributed by atoms with Crippen LogP contribution in [-0.4, -0.2) is 0 Å². The first kappa shape index (κ1) is 16.8. The highest BCUT2D eigenvalue weighted by Crippen LogP contribution is 2.11. The minimum Gasteiger partial charge on any atom is -0.0845 e. The molecule has 0 aromatic carbocycles. The van der Waals surface area contributed by atoms with Crippen molar-refractivity contribution in [2.24, 2.45) is 0 Å². The molecule has 0 aromatic heterocycles. The number of hydrogen-bond acceptors (Lipinski definition) is 0. The quantitative estimate of drug-likeness (QED) is 0.472. The van der Waals surface area contributed by atoms with Gasteiger partial charge in [0.15, 0.2) is 0 Å². The summed E-state index contributed by atoms with van der Waals surface area (Å²) in [6, 6.07) is 0. The fraction of sp³-hybridized carbons (Fsp3) is 0.500. The number of allylic oxidation sites excluding steroid dienone is 10. The Morgan fingerprint density at radius 1 is 0.500 bits per heavy atom. The number of rotatable bonds is 0. The maximum atomic E-state index is 3.33. The molecule has 0 N–H and O–H groups in total. The molecule has 0 nitrogen and oxygen atoms in total. The van der Waals surface area contributed by atoms with E-state index in [1.54, 1.807) is 0 Å². The second-order valence-corrected chi connectivity index (χ2v) is 5.32. The molecule has 0 amide bonds. The lowest BCUT2D eigenvalue weighted by Gasteiger charge is -2.00. The zero-order valence-electron chi connectivity index (χ0n) is 12.8. The Balaban J connectivity index is 2.31. The minimum absolute atomic E-state index is 1.10. The highest BCUT2D eigenvalue weighted by Gasteiger charge is 1.91. The second-order valence-electron chi connectivity index (χ2n) is 5.32. The molecule has 1 aliphatic carbocycles. The van der Waals surface area contributed by atoms with E-state index in [0.29, 0.717) is 0 Å². The van der Waals surface area contributed by atoms with Gasteiger partial charge < -0.3 is 0 Å². The third-order valence-corrected chi connectivity index (χ3v) is 3.46. The van der Waals surface area contributed by atoms with E-state index in [0.717, 1.165) is 6.42 Å². The summed E-state index contributed by atoms with van der Waals surface area (Å²) in [7, 11) is 0. The van der Waals surface area contributed by atoms with Crippen LogP contribution < -0.4 is 0 Å². The lowest BCUT2D eigenvalue weighted by molar-refractivity contribution is 0.570. The van der Waals surface area contributed by atoms with Crippen molar-refractivity contribution in [3.8, 4) is 0 Å². The average Bonchev–Trinajstić information content (AvgIpc) is 2.46. The monoisotopic (exact) mass is 269 g/mol. The van der Waals surface area contributed by atoms with Gasteiger partial charge >= 0.3 is 0 Å². The second kappa shape index (κ2) is 14.1. The summed E-state index contributed by atoms with van der Waals surface area (Å²) in [5.74, 6) is 0. The summed E-state index contributed by atoms with van der Waals surface area (Å²) < 4.78 is 0. The predicted octanol–water partition coefficient (Wildman–Crippen LogP) is 6.49. The molecule has 1 radical (unpaired) electrons. The van der Waals surface area contributed by atoms with Gasteiger partial charge in [-0.25, -0.2) is 0 Å². The van der Waals surface area contributed by atoms with Gasteiger partial charge in [0.05, 0.1) is 0 Å². The van der Waals surface area contributed by atoms with E-state index in [2.05, 4.69) is 54.7 Å². The van der Waals surface area contributed by atoms with Gasteiger partial charge in [-0.05, 0) is 31.8 Å². The Kier molecular flexibility index (Phi) is 11.8. The minimum atomic E-state index is 1.10. The molecule has 20 heavy (non-hydrogen) atoms. The average molecular weight is 269 g/mol. The maximum Gasteiger partial charge on any atom is -0.0276 e. The van der Waals surface area contributed by atoms with E-state index in [1.807, 2.05) is 6.08 Å². The highest BCUT2D eigenvalue weighted by molar-refractivity contribution is 5.17. The van der Waals surface area contributed by atoms with Crippen molar-refractivity contribution >= 4 is 0 Å². The molecule has 0 saturated heterocycles. The van der Waals surface area contributed by atoms with Gasteiger partial charge in [0.1, 0.15) is 0 Å². The zero-order valence-corrected chi connectivity index (χ0v) is 12.8. The van der Waals surface area contributed by atoms with Gasteiger partial charge in [-0.1, -0.05) is 93.2 Å². The Labute approximate surface area is 125 Å². The van der Waals surface area contributed by atoms with E-state index in [-0.39, 0.29) is 0 Å². The Bertz CT molecular complexity index is 305. The third-order valence-electron chi connectivity index (χ3n) is 3.46. The SMILES string of the molecule is [C]1=C/C=C\C=C\C=C\C=C\CCCCCCCCCC/1. The summed E-state index contributed by atoms with van der Waals surface area (Å²) in [6.07, 6.45) is 35.5. The molecule has 1 rings (SSSR count). The molecule has 0 saturated carbocycles. The van der Waals surface area contributed by atoms with Crippen LogP contribution in [0.5, 0.6) is 0 Å². The first-order chi connectivity index (χ1) is 10.0. The molecular weight excluding hydrogens is 240 g/mol. The molecule has 0 unspecified atom stereocenters. The van der Waals surface area contributed by atoms with Crippen LogP contribution in [0.2, 0.25) is 0 Å². The molecule has 0 bridgehead atoms. The van der Waals surface area contributed by atoms with Crippen LogP contribution in [0.1, 0.15) is 64.2 Å². The van der Waals surface area contributed by atoms with Crippen molar-refractivity contribution < 1.29 is 0 Å². The van der Waals surface area contributed by atoms with Gasteiger partial charge in [-0.2, -0.15) is 0 Å². The van der Waals surface area contributed by atoms with Gasteiger partial charge in [0, 0.05) is 0 Å². The van der Waals surface area contributed by atoms with E-state index in [4.69, 9.17) is 0 Å². The summed E-state index contributed by atoms with van der Waals surface area (Å²) in [5, 5.41) is 0. The molecule has 0 atom stereocenters. The standard InChI is InChI=1S/C20H29/c1-2-4-6-8-10-12-14-16-18-20-19-17-15-13-11-9-7-5-3-1/h1-9H,10,12-20H2/b3-1+,4-2+,7-5-,8-6+,11-9?. The van der Waals surface area contributed by atoms with Gasteiger partial charge in [-0.15, -0.1) is 0 Å². The fourth-order valence-corrected chi connectivity index (χ4v) is 2.25. The summed E-state index contributed by atoms with van der Waals surface area (Å²) in [6.45, 7) is 0. The van der Waals surface area contributed by atoms with Crippen molar-refractivity contribution in [1.82, 2.24) is 0 Å². The third kappa shape index (κ3) is 11.8. The lowest BCUT2D eigenvalue weighted by Crippen LogP contribution is -1.81. The first-order valence-electron chi connectivity index (χ1n) is 8.22. The number of hydrogen-bond donors (Lipinski definition) is 0. The normalized spacial score (nSPS) is 28.0. The van der Waals surface area contributed by atoms with Crippen molar-refractivity contribution in [2.75, 3.05) is 0 Å². The van der Waals surface area contributed by atoms with E-state index in [9.17, 15) is 0 Å². The van der Waals surface area contributed by atoms with Gasteiger partial charge in [0.25, 0.3) is 0 Å². The van der Waals surface area contributed by atoms with Crippen LogP contribution in [0, 0.1) is 6.08 Å². The predicted molar refractivity (Wildman–Crippen MR) is 90.5 cm³/mol. The van der Waals surface area contributed by atoms with Gasteiger partial charge in [0.2, 0.25) is 0 Å². The Morgan fingerprint density at radius 2 is 1.05 bits per heavy atom. The van der Waals surface area contributed by atoms with E-state index in [1.165, 1.54) is 57.8 Å². The van der Waals surface area contributed by atoms with E-state index < -0.39 is 0 Å². The Hall–Kier alpha value is -1.30. The van der Waals surface area contributed by atoms with Crippen LogP contribution in [0.25, 0.3) is 0 Å². The van der Waals surface area contributed by atoms with Crippen LogP contribution in [0.4, 0.5) is 0 Å². The maximum absolute atomic E-state index is 3.33. The molecule has 0 aliphatic heterocycles. The smallest absolute Gasteiger partial charge is 0.0276 e. The Morgan fingerprint density at radius 3 is 1.80 bits per heavy atom. The molecule has 0 heterocycles. The molecular formula is C20H29. The molecule has 0 aromatic rings. The van der Waals surface area contributed by atoms with Crippen molar-refractivity contribution in [3.05, 3.63) is 60.8 Å². The molecule has 0 spiro atoms. The van der Waals surface area contributed by atoms with Crippen molar-refractivity contribution in [2.45, 2.75) is 64.2 Å². The summed E-state index contributed by atoms with van der Waals surface area (Å²) in [5.41, 5.74) is 0.